The maximum Gasteiger partial charge on any atom is 0.0931 e. The van der Waals surface area contributed by atoms with Crippen LogP contribution in [0.5, 0.6) is 0 Å². The molecule has 0 saturated carbocycles. The smallest absolute Gasteiger partial charge is 0.0931 e. The lowest BCUT2D eigenvalue weighted by molar-refractivity contribution is 0.521. The number of aryl methyl sites for hydroxylation is 2. The predicted molar refractivity (Wildman–Crippen MR) is 88.1 cm³/mol. The Morgan fingerprint density at radius 2 is 2.25 bits per heavy atom. The molecular weight excluding hydrogens is 360 g/mol. The van der Waals surface area contributed by atoms with Gasteiger partial charge in [0, 0.05) is 17.8 Å². The third-order valence-corrected chi connectivity index (χ3v) is 5.49. The first kappa shape index (κ1) is 16.0. The van der Waals surface area contributed by atoms with Crippen LogP contribution in [-0.2, 0) is 19.4 Å². The van der Waals surface area contributed by atoms with Crippen molar-refractivity contribution in [2.45, 2.75) is 39.3 Å². The van der Waals surface area contributed by atoms with E-state index in [1.165, 1.54) is 0 Å². The highest BCUT2D eigenvalue weighted by molar-refractivity contribution is 9.10. The van der Waals surface area contributed by atoms with Crippen LogP contribution in [0.1, 0.15) is 36.2 Å². The average molecular weight is 378 g/mol. The van der Waals surface area contributed by atoms with Gasteiger partial charge >= 0.3 is 0 Å². The first-order chi connectivity index (χ1) is 9.60. The summed E-state index contributed by atoms with van der Waals surface area (Å²) >= 11 is 11.2. The van der Waals surface area contributed by atoms with E-state index in [-0.39, 0.29) is 6.04 Å². The maximum atomic E-state index is 6.00. The number of hydrazine groups is 1. The molecule has 0 radical (unpaired) electrons. The van der Waals surface area contributed by atoms with Gasteiger partial charge in [-0.1, -0.05) is 18.5 Å². The van der Waals surface area contributed by atoms with Crippen molar-refractivity contribution in [1.82, 2.24) is 15.2 Å². The minimum Gasteiger partial charge on any atom is -0.271 e. The second kappa shape index (κ2) is 7.04. The first-order valence-electron chi connectivity index (χ1n) is 6.56. The van der Waals surface area contributed by atoms with E-state index >= 15 is 0 Å². The summed E-state index contributed by atoms with van der Waals surface area (Å²) in [4.78, 5) is 1.13. The summed E-state index contributed by atoms with van der Waals surface area (Å²) in [6, 6.07) is 3.95. The lowest BCUT2D eigenvalue weighted by Gasteiger charge is -2.15. The number of aromatic nitrogens is 2. The number of halogens is 2. The summed E-state index contributed by atoms with van der Waals surface area (Å²) in [6.45, 7) is 5.04. The van der Waals surface area contributed by atoms with Crippen LogP contribution < -0.4 is 11.3 Å². The van der Waals surface area contributed by atoms with Gasteiger partial charge in [-0.15, -0.1) is 11.3 Å². The number of thiophene rings is 1. The van der Waals surface area contributed by atoms with Gasteiger partial charge in [-0.3, -0.25) is 16.0 Å². The van der Waals surface area contributed by atoms with Crippen molar-refractivity contribution in [2.75, 3.05) is 0 Å². The van der Waals surface area contributed by atoms with Gasteiger partial charge in [0.15, 0.2) is 0 Å². The summed E-state index contributed by atoms with van der Waals surface area (Å²) in [5.41, 5.74) is 5.12. The Morgan fingerprint density at radius 1 is 1.50 bits per heavy atom. The summed E-state index contributed by atoms with van der Waals surface area (Å²) < 4.78 is 3.89. The molecule has 0 spiro atoms. The van der Waals surface area contributed by atoms with E-state index in [0.717, 1.165) is 44.5 Å². The van der Waals surface area contributed by atoms with Gasteiger partial charge in [0.25, 0.3) is 0 Å². The molecule has 2 rings (SSSR count). The quantitative estimate of drug-likeness (QED) is 0.596. The molecule has 0 aliphatic carbocycles. The second-order valence-electron chi connectivity index (χ2n) is 4.44. The molecule has 0 aromatic carbocycles. The highest BCUT2D eigenvalue weighted by Gasteiger charge is 2.20. The standard InChI is InChI=1S/C13H18BrClN4S/c1-3-8-13(14)10(19(4-2)18-8)7-9(17-16)11-5-6-12(15)20-11/h5-6,9,17H,3-4,7,16H2,1-2H3. The van der Waals surface area contributed by atoms with Gasteiger partial charge in [0.05, 0.1) is 26.2 Å². The number of nitrogens with zero attached hydrogens (tertiary/aromatic N) is 2. The molecule has 1 atom stereocenters. The number of hydrogen-bond acceptors (Lipinski definition) is 4. The van der Waals surface area contributed by atoms with Crippen molar-refractivity contribution in [1.29, 1.82) is 0 Å². The highest BCUT2D eigenvalue weighted by Crippen LogP contribution is 2.31. The molecule has 20 heavy (non-hydrogen) atoms. The Balaban J connectivity index is 2.29. The molecule has 0 aliphatic rings. The Hall–Kier alpha value is -0.400. The van der Waals surface area contributed by atoms with Crippen molar-refractivity contribution in [3.05, 3.63) is 37.2 Å². The molecule has 3 N–H and O–H groups in total. The monoisotopic (exact) mass is 376 g/mol. The maximum absolute atomic E-state index is 6.00. The Kier molecular flexibility index (Phi) is 5.63. The molecular formula is C13H18BrClN4S. The number of rotatable bonds is 6. The number of nitrogens with one attached hydrogen (secondary N) is 1. The fraction of sp³-hybridized carbons (Fsp3) is 0.462. The summed E-state index contributed by atoms with van der Waals surface area (Å²) in [5, 5.41) is 4.61. The topological polar surface area (TPSA) is 55.9 Å². The molecule has 0 amide bonds. The van der Waals surface area contributed by atoms with Crippen LogP contribution in [0.3, 0.4) is 0 Å². The molecule has 2 aromatic rings. The highest BCUT2D eigenvalue weighted by atomic mass is 79.9. The number of hydrogen-bond donors (Lipinski definition) is 2. The van der Waals surface area contributed by atoms with Gasteiger partial charge in [0.1, 0.15) is 0 Å². The minimum atomic E-state index is 0.0375. The van der Waals surface area contributed by atoms with Crippen LogP contribution in [0.4, 0.5) is 0 Å². The third kappa shape index (κ3) is 3.26. The summed E-state index contributed by atoms with van der Waals surface area (Å²) in [5.74, 6) is 5.71. The van der Waals surface area contributed by atoms with Gasteiger partial charge in [0.2, 0.25) is 0 Å². The Morgan fingerprint density at radius 3 is 2.75 bits per heavy atom. The van der Waals surface area contributed by atoms with Crippen LogP contribution in [0.2, 0.25) is 4.34 Å². The first-order valence-corrected chi connectivity index (χ1v) is 8.54. The molecule has 110 valence electrons. The van der Waals surface area contributed by atoms with Crippen LogP contribution >= 0.6 is 38.9 Å². The van der Waals surface area contributed by atoms with Crippen LogP contribution in [-0.4, -0.2) is 9.78 Å². The SMILES string of the molecule is CCc1nn(CC)c(CC(NN)c2ccc(Cl)s2)c1Br. The lowest BCUT2D eigenvalue weighted by atomic mass is 10.1. The molecule has 0 saturated heterocycles. The molecule has 0 bridgehead atoms. The zero-order valence-corrected chi connectivity index (χ0v) is 14.6. The van der Waals surface area contributed by atoms with Gasteiger partial charge in [-0.2, -0.15) is 5.10 Å². The zero-order valence-electron chi connectivity index (χ0n) is 11.5. The van der Waals surface area contributed by atoms with E-state index < -0.39 is 0 Å². The van der Waals surface area contributed by atoms with Gasteiger partial charge in [-0.25, -0.2) is 0 Å². The minimum absolute atomic E-state index is 0.0375. The zero-order chi connectivity index (χ0) is 14.7. The molecule has 2 aromatic heterocycles. The molecule has 0 aliphatic heterocycles. The van der Waals surface area contributed by atoms with E-state index in [9.17, 15) is 0 Å². The molecule has 2 heterocycles. The average Bonchev–Trinajstić information content (AvgIpc) is 3.00. The van der Waals surface area contributed by atoms with Gasteiger partial charge < -0.3 is 0 Å². The molecule has 0 fully saturated rings. The van der Waals surface area contributed by atoms with Crippen LogP contribution in [0.25, 0.3) is 0 Å². The van der Waals surface area contributed by atoms with E-state index in [1.54, 1.807) is 11.3 Å². The van der Waals surface area contributed by atoms with Crippen molar-refractivity contribution in [3.63, 3.8) is 0 Å². The van der Waals surface area contributed by atoms with Gasteiger partial charge in [-0.05, 0) is 41.4 Å². The van der Waals surface area contributed by atoms with E-state index in [2.05, 4.69) is 40.3 Å². The number of nitrogens with two attached hydrogens (primary N) is 1. The van der Waals surface area contributed by atoms with E-state index in [4.69, 9.17) is 17.4 Å². The predicted octanol–water partition coefficient (Wildman–Crippen LogP) is 3.69. The fourth-order valence-electron chi connectivity index (χ4n) is 2.16. The lowest BCUT2D eigenvalue weighted by Crippen LogP contribution is -2.29. The summed E-state index contributed by atoms with van der Waals surface area (Å²) in [6.07, 6.45) is 1.68. The van der Waals surface area contributed by atoms with Crippen molar-refractivity contribution >= 4 is 38.9 Å². The Labute approximate surface area is 136 Å². The molecule has 1 unspecified atom stereocenters. The van der Waals surface area contributed by atoms with E-state index in [1.807, 2.05) is 16.8 Å². The fourth-order valence-corrected chi connectivity index (χ4v) is 4.01. The Bertz CT molecular complexity index is 581. The van der Waals surface area contributed by atoms with Crippen molar-refractivity contribution < 1.29 is 0 Å². The van der Waals surface area contributed by atoms with Crippen molar-refractivity contribution in [2.24, 2.45) is 5.84 Å². The third-order valence-electron chi connectivity index (χ3n) is 3.23. The molecule has 4 nitrogen and oxygen atoms in total. The molecule has 7 heteroatoms. The second-order valence-corrected chi connectivity index (χ2v) is 6.98. The van der Waals surface area contributed by atoms with Crippen LogP contribution in [0, 0.1) is 0 Å². The van der Waals surface area contributed by atoms with Crippen molar-refractivity contribution in [3.8, 4) is 0 Å². The van der Waals surface area contributed by atoms with Crippen LogP contribution in [0.15, 0.2) is 16.6 Å². The largest absolute Gasteiger partial charge is 0.271 e. The van der Waals surface area contributed by atoms with E-state index in [0.29, 0.717) is 0 Å². The summed E-state index contributed by atoms with van der Waals surface area (Å²) in [7, 11) is 0. The normalized spacial score (nSPS) is 12.8.